The highest BCUT2D eigenvalue weighted by atomic mass is 32.1. The second kappa shape index (κ2) is 8.42. The van der Waals surface area contributed by atoms with E-state index in [-0.39, 0.29) is 5.91 Å². The molecule has 4 aromatic rings. The van der Waals surface area contributed by atoms with Crippen LogP contribution in [0.5, 0.6) is 5.75 Å². The number of benzene rings is 2. The minimum atomic E-state index is -0.267. The Hall–Kier alpha value is -3.59. The highest BCUT2D eigenvalue weighted by molar-refractivity contribution is 7.10. The second-order valence-corrected chi connectivity index (χ2v) is 7.32. The standard InChI is InChI=1S/C21H20N6O2S/c1-4-14-6-5-7-16(12-14)27-13(2)18(24-26-27)19-22-21(30-25-19)23-20(28)15-8-10-17(29-3)11-9-15/h5-12H,4H2,1-3H3,(H,22,23,25,28). The number of anilines is 1. The molecular formula is C21H20N6O2S. The highest BCUT2D eigenvalue weighted by Crippen LogP contribution is 2.24. The van der Waals surface area contributed by atoms with E-state index < -0.39 is 0 Å². The van der Waals surface area contributed by atoms with Crippen molar-refractivity contribution < 1.29 is 9.53 Å². The molecule has 0 saturated heterocycles. The van der Waals surface area contributed by atoms with Gasteiger partial charge in [-0.2, -0.15) is 9.36 Å². The highest BCUT2D eigenvalue weighted by Gasteiger charge is 2.18. The summed E-state index contributed by atoms with van der Waals surface area (Å²) in [5.41, 5.74) is 4.07. The van der Waals surface area contributed by atoms with Crippen LogP contribution in [0, 0.1) is 6.92 Å². The number of aromatic nitrogens is 5. The molecule has 2 aromatic heterocycles. The lowest BCUT2D eigenvalue weighted by atomic mass is 10.1. The van der Waals surface area contributed by atoms with Gasteiger partial charge >= 0.3 is 0 Å². The molecule has 152 valence electrons. The fourth-order valence-electron chi connectivity index (χ4n) is 2.97. The van der Waals surface area contributed by atoms with Crippen LogP contribution in [0.15, 0.2) is 48.5 Å². The van der Waals surface area contributed by atoms with Crippen molar-refractivity contribution in [3.05, 3.63) is 65.4 Å². The van der Waals surface area contributed by atoms with Crippen molar-refractivity contribution in [1.29, 1.82) is 0 Å². The summed E-state index contributed by atoms with van der Waals surface area (Å²) in [5, 5.41) is 11.7. The molecule has 0 radical (unpaired) electrons. The predicted octanol–water partition coefficient (Wildman–Crippen LogP) is 3.92. The third-order valence-corrected chi connectivity index (χ3v) is 5.30. The van der Waals surface area contributed by atoms with Gasteiger partial charge in [0.15, 0.2) is 11.5 Å². The molecule has 0 fully saturated rings. The third-order valence-electron chi connectivity index (χ3n) is 4.67. The lowest BCUT2D eigenvalue weighted by Gasteiger charge is -2.05. The van der Waals surface area contributed by atoms with Crippen molar-refractivity contribution in [2.24, 2.45) is 0 Å². The zero-order chi connectivity index (χ0) is 21.1. The van der Waals surface area contributed by atoms with Gasteiger partial charge in [-0.3, -0.25) is 10.1 Å². The lowest BCUT2D eigenvalue weighted by molar-refractivity contribution is 0.102. The Kier molecular flexibility index (Phi) is 5.53. The molecule has 0 aliphatic rings. The summed E-state index contributed by atoms with van der Waals surface area (Å²) in [5.74, 6) is 0.852. The second-order valence-electron chi connectivity index (χ2n) is 6.56. The van der Waals surface area contributed by atoms with Crippen LogP contribution in [0.4, 0.5) is 5.13 Å². The zero-order valence-electron chi connectivity index (χ0n) is 16.8. The molecule has 0 bridgehead atoms. The number of aryl methyl sites for hydroxylation is 1. The number of methoxy groups -OCH3 is 1. The van der Waals surface area contributed by atoms with E-state index in [0.29, 0.717) is 28.0 Å². The van der Waals surface area contributed by atoms with Gasteiger partial charge in [-0.05, 0) is 55.3 Å². The summed E-state index contributed by atoms with van der Waals surface area (Å²) in [7, 11) is 1.58. The maximum atomic E-state index is 12.4. The van der Waals surface area contributed by atoms with Gasteiger partial charge in [-0.25, -0.2) is 4.68 Å². The van der Waals surface area contributed by atoms with Crippen LogP contribution in [0.3, 0.4) is 0 Å². The van der Waals surface area contributed by atoms with Crippen LogP contribution in [-0.2, 0) is 6.42 Å². The molecule has 1 N–H and O–H groups in total. The molecule has 9 heteroatoms. The number of carbonyl (C=O) groups is 1. The van der Waals surface area contributed by atoms with Crippen molar-refractivity contribution in [3.63, 3.8) is 0 Å². The first-order valence-corrected chi connectivity index (χ1v) is 10.2. The van der Waals surface area contributed by atoms with Crippen LogP contribution in [-0.4, -0.2) is 37.4 Å². The number of hydrogen-bond acceptors (Lipinski definition) is 7. The Morgan fingerprint density at radius 3 is 2.73 bits per heavy atom. The molecule has 0 atom stereocenters. The molecule has 30 heavy (non-hydrogen) atoms. The Bertz CT molecular complexity index is 1180. The molecule has 2 heterocycles. The third kappa shape index (κ3) is 3.92. The summed E-state index contributed by atoms with van der Waals surface area (Å²) in [6.45, 7) is 4.03. The van der Waals surface area contributed by atoms with Gasteiger partial charge in [-0.1, -0.05) is 24.3 Å². The van der Waals surface area contributed by atoms with E-state index in [1.54, 1.807) is 36.1 Å². The number of nitrogens with zero attached hydrogens (tertiary/aromatic N) is 5. The number of ether oxygens (including phenoxy) is 1. The van der Waals surface area contributed by atoms with E-state index in [2.05, 4.69) is 44.0 Å². The van der Waals surface area contributed by atoms with Crippen LogP contribution in [0.2, 0.25) is 0 Å². The van der Waals surface area contributed by atoms with Crippen molar-refractivity contribution in [3.8, 4) is 23.0 Å². The van der Waals surface area contributed by atoms with Gasteiger partial charge in [-0.15, -0.1) is 5.10 Å². The normalized spacial score (nSPS) is 10.8. The molecule has 0 aliphatic carbocycles. The van der Waals surface area contributed by atoms with E-state index in [1.165, 1.54) is 5.56 Å². The smallest absolute Gasteiger partial charge is 0.257 e. The number of nitrogens with one attached hydrogen (secondary N) is 1. The van der Waals surface area contributed by atoms with E-state index in [1.807, 2.05) is 19.1 Å². The fraction of sp³-hybridized carbons (Fsp3) is 0.190. The Balaban J connectivity index is 1.54. The van der Waals surface area contributed by atoms with Crippen molar-refractivity contribution in [2.75, 3.05) is 12.4 Å². The van der Waals surface area contributed by atoms with Gasteiger partial charge in [0.1, 0.15) is 5.75 Å². The molecule has 8 nitrogen and oxygen atoms in total. The van der Waals surface area contributed by atoms with Gasteiger partial charge in [0, 0.05) is 17.1 Å². The summed E-state index contributed by atoms with van der Waals surface area (Å²) in [4.78, 5) is 16.8. The number of carbonyl (C=O) groups excluding carboxylic acids is 1. The van der Waals surface area contributed by atoms with Crippen LogP contribution >= 0.6 is 11.5 Å². The van der Waals surface area contributed by atoms with Gasteiger partial charge in [0.25, 0.3) is 5.91 Å². The average molecular weight is 420 g/mol. The van der Waals surface area contributed by atoms with Crippen molar-refractivity contribution >= 4 is 22.6 Å². The number of rotatable bonds is 6. The van der Waals surface area contributed by atoms with E-state index >= 15 is 0 Å². The summed E-state index contributed by atoms with van der Waals surface area (Å²) in [6, 6.07) is 15.0. The monoisotopic (exact) mass is 420 g/mol. The topological polar surface area (TPSA) is 94.8 Å². The predicted molar refractivity (Wildman–Crippen MR) is 115 cm³/mol. The molecule has 0 aliphatic heterocycles. The fourth-order valence-corrected chi connectivity index (χ4v) is 3.54. The molecule has 4 rings (SSSR count). The van der Waals surface area contributed by atoms with E-state index in [0.717, 1.165) is 29.3 Å². The van der Waals surface area contributed by atoms with Crippen LogP contribution in [0.1, 0.15) is 28.5 Å². The number of hydrogen-bond donors (Lipinski definition) is 1. The van der Waals surface area contributed by atoms with Crippen molar-refractivity contribution in [2.45, 2.75) is 20.3 Å². The minimum Gasteiger partial charge on any atom is -0.497 e. The van der Waals surface area contributed by atoms with Gasteiger partial charge < -0.3 is 4.74 Å². The Morgan fingerprint density at radius 2 is 2.00 bits per heavy atom. The van der Waals surface area contributed by atoms with Gasteiger partial charge in [0.05, 0.1) is 18.5 Å². The Labute approximate surface area is 177 Å². The zero-order valence-corrected chi connectivity index (χ0v) is 17.6. The first-order chi connectivity index (χ1) is 14.6. The van der Waals surface area contributed by atoms with Crippen LogP contribution in [0.25, 0.3) is 17.2 Å². The van der Waals surface area contributed by atoms with Crippen LogP contribution < -0.4 is 10.1 Å². The first-order valence-electron chi connectivity index (χ1n) is 9.40. The average Bonchev–Trinajstić information content (AvgIpc) is 3.40. The molecule has 0 unspecified atom stereocenters. The summed E-state index contributed by atoms with van der Waals surface area (Å²) in [6.07, 6.45) is 0.944. The molecule has 1 amide bonds. The maximum absolute atomic E-state index is 12.4. The SMILES string of the molecule is CCc1cccc(-n2nnc(-c3nsc(NC(=O)c4ccc(OC)cc4)n3)c2C)c1. The maximum Gasteiger partial charge on any atom is 0.257 e. The Morgan fingerprint density at radius 1 is 1.20 bits per heavy atom. The van der Waals surface area contributed by atoms with E-state index in [9.17, 15) is 4.79 Å². The quantitative estimate of drug-likeness (QED) is 0.508. The lowest BCUT2D eigenvalue weighted by Crippen LogP contribution is -2.11. The molecule has 2 aromatic carbocycles. The summed E-state index contributed by atoms with van der Waals surface area (Å²) < 4.78 is 11.2. The summed E-state index contributed by atoms with van der Waals surface area (Å²) >= 11 is 1.10. The minimum absolute atomic E-state index is 0.267. The first kappa shape index (κ1) is 19.7. The molecule has 0 saturated carbocycles. The molecule has 0 spiro atoms. The van der Waals surface area contributed by atoms with E-state index in [4.69, 9.17) is 4.74 Å². The number of amides is 1. The van der Waals surface area contributed by atoms with Gasteiger partial charge in [0.2, 0.25) is 5.13 Å². The largest absolute Gasteiger partial charge is 0.497 e. The van der Waals surface area contributed by atoms with Crippen molar-refractivity contribution in [1.82, 2.24) is 24.4 Å². The molecular weight excluding hydrogens is 400 g/mol.